The van der Waals surface area contributed by atoms with E-state index in [0.29, 0.717) is 23.1 Å². The number of aliphatic imine (C=N–C) groups is 1. The van der Waals surface area contributed by atoms with Crippen molar-refractivity contribution in [2.45, 2.75) is 5.54 Å². The molecule has 2 aliphatic rings. The van der Waals surface area contributed by atoms with Crippen LogP contribution in [0.5, 0.6) is 23.1 Å². The van der Waals surface area contributed by atoms with Crippen molar-refractivity contribution in [3.05, 3.63) is 41.6 Å². The van der Waals surface area contributed by atoms with Gasteiger partial charge in [0, 0.05) is 5.56 Å². The van der Waals surface area contributed by atoms with Gasteiger partial charge < -0.3 is 24.7 Å². The molecule has 4 rings (SSSR count). The molecule has 0 saturated carbocycles. The Balaban J connectivity index is 1.99. The van der Waals surface area contributed by atoms with E-state index in [0.717, 1.165) is 11.1 Å². The first-order chi connectivity index (χ1) is 11.2. The fourth-order valence-electron chi connectivity index (χ4n) is 2.93. The number of nitrogens with zero attached hydrogens (tertiary/aromatic N) is 2. The molecule has 0 radical (unpaired) electrons. The zero-order valence-corrected chi connectivity index (χ0v) is 12.7. The summed E-state index contributed by atoms with van der Waals surface area (Å²) in [7, 11) is 3.19. The van der Waals surface area contributed by atoms with Gasteiger partial charge in [0.15, 0.2) is 5.54 Å². The summed E-state index contributed by atoms with van der Waals surface area (Å²) in [5, 5.41) is 0. The molecule has 0 bridgehead atoms. The van der Waals surface area contributed by atoms with Crippen LogP contribution in [0.4, 0.5) is 0 Å². The van der Waals surface area contributed by atoms with Gasteiger partial charge in [-0.3, -0.25) is 0 Å². The Labute approximate surface area is 132 Å². The van der Waals surface area contributed by atoms with E-state index in [4.69, 9.17) is 24.7 Å². The van der Waals surface area contributed by atoms with Crippen LogP contribution in [0.3, 0.4) is 0 Å². The Morgan fingerprint density at radius 1 is 1.13 bits per heavy atom. The Morgan fingerprint density at radius 2 is 1.91 bits per heavy atom. The highest BCUT2D eigenvalue weighted by Crippen LogP contribution is 2.51. The van der Waals surface area contributed by atoms with Crippen molar-refractivity contribution >= 4 is 6.02 Å². The molecule has 0 saturated heterocycles. The summed E-state index contributed by atoms with van der Waals surface area (Å²) in [6, 6.07) is 7.51. The number of fused-ring (bicyclic) bond motifs is 4. The molecule has 1 aromatic carbocycles. The predicted octanol–water partition coefficient (Wildman–Crippen LogP) is 1.79. The molecule has 0 amide bonds. The molecule has 3 heterocycles. The number of aromatic nitrogens is 1. The maximum atomic E-state index is 5.91. The molecule has 0 unspecified atom stereocenters. The zero-order valence-electron chi connectivity index (χ0n) is 12.7. The molecule has 2 N–H and O–H groups in total. The molecule has 2 aromatic rings. The van der Waals surface area contributed by atoms with Crippen molar-refractivity contribution in [3.63, 3.8) is 0 Å². The van der Waals surface area contributed by atoms with E-state index in [1.165, 1.54) is 0 Å². The van der Waals surface area contributed by atoms with Crippen molar-refractivity contribution in [2.75, 3.05) is 20.8 Å². The minimum Gasteiger partial charge on any atom is -0.497 e. The number of nitrogens with two attached hydrogens (primary N) is 1. The largest absolute Gasteiger partial charge is 0.497 e. The van der Waals surface area contributed by atoms with Gasteiger partial charge in [0.2, 0.25) is 5.88 Å². The van der Waals surface area contributed by atoms with Gasteiger partial charge in [0.1, 0.15) is 23.9 Å². The molecule has 1 atom stereocenters. The van der Waals surface area contributed by atoms with Crippen LogP contribution in [0.25, 0.3) is 0 Å². The van der Waals surface area contributed by atoms with Gasteiger partial charge in [-0.1, -0.05) is 0 Å². The second-order valence-corrected chi connectivity index (χ2v) is 5.29. The van der Waals surface area contributed by atoms with Gasteiger partial charge in [0.05, 0.1) is 26.0 Å². The molecular weight excluding hydrogens is 298 g/mol. The van der Waals surface area contributed by atoms with Gasteiger partial charge >= 0.3 is 0 Å². The summed E-state index contributed by atoms with van der Waals surface area (Å²) in [5.74, 6) is 2.42. The Hall–Kier alpha value is -2.96. The number of rotatable bonds is 2. The van der Waals surface area contributed by atoms with Crippen LogP contribution in [0, 0.1) is 0 Å². The number of methoxy groups -OCH3 is 2. The number of pyridine rings is 1. The lowest BCUT2D eigenvalue weighted by Gasteiger charge is -2.32. The van der Waals surface area contributed by atoms with Crippen LogP contribution in [0.15, 0.2) is 35.5 Å². The third-order valence-corrected chi connectivity index (χ3v) is 4.08. The molecule has 1 aromatic heterocycles. The Kier molecular flexibility index (Phi) is 2.84. The number of ether oxygens (including phenoxy) is 4. The van der Waals surface area contributed by atoms with E-state index >= 15 is 0 Å². The SMILES string of the molecule is COc1ccc2c(c1)[C@]1(COC(N)=N1)c1cc(OC)cnc1O2. The van der Waals surface area contributed by atoms with E-state index in [-0.39, 0.29) is 12.6 Å². The van der Waals surface area contributed by atoms with Crippen molar-refractivity contribution in [2.24, 2.45) is 10.7 Å². The maximum absolute atomic E-state index is 5.91. The number of hydrogen-bond acceptors (Lipinski definition) is 7. The van der Waals surface area contributed by atoms with Crippen LogP contribution in [-0.4, -0.2) is 31.8 Å². The fourth-order valence-corrected chi connectivity index (χ4v) is 2.93. The lowest BCUT2D eigenvalue weighted by atomic mass is 9.82. The monoisotopic (exact) mass is 313 g/mol. The fraction of sp³-hybridized carbons (Fsp3) is 0.250. The average molecular weight is 313 g/mol. The number of benzene rings is 1. The van der Waals surface area contributed by atoms with Crippen LogP contribution in [0.2, 0.25) is 0 Å². The van der Waals surface area contributed by atoms with E-state index in [2.05, 4.69) is 9.98 Å². The van der Waals surface area contributed by atoms with Crippen LogP contribution < -0.4 is 19.9 Å². The first kappa shape index (κ1) is 13.7. The molecule has 7 nitrogen and oxygen atoms in total. The van der Waals surface area contributed by atoms with Gasteiger partial charge in [-0.15, -0.1) is 0 Å². The molecule has 2 aliphatic heterocycles. The quantitative estimate of drug-likeness (QED) is 0.909. The Bertz CT molecular complexity index is 765. The summed E-state index contributed by atoms with van der Waals surface area (Å²) < 4.78 is 22.0. The first-order valence-corrected chi connectivity index (χ1v) is 7.05. The number of hydrogen-bond donors (Lipinski definition) is 1. The van der Waals surface area contributed by atoms with Crippen molar-refractivity contribution in [3.8, 4) is 23.1 Å². The third kappa shape index (κ3) is 1.89. The minimum atomic E-state index is -0.816. The van der Waals surface area contributed by atoms with E-state index in [1.54, 1.807) is 20.4 Å². The molecular formula is C16H15N3O4. The highest BCUT2D eigenvalue weighted by atomic mass is 16.5. The van der Waals surface area contributed by atoms with Crippen LogP contribution in [-0.2, 0) is 10.3 Å². The molecule has 0 aliphatic carbocycles. The summed E-state index contributed by atoms with van der Waals surface area (Å²) in [5.41, 5.74) is 6.55. The summed E-state index contributed by atoms with van der Waals surface area (Å²) in [6.45, 7) is 0.268. The minimum absolute atomic E-state index is 0.134. The van der Waals surface area contributed by atoms with Gasteiger partial charge in [-0.05, 0) is 24.3 Å². The topological polar surface area (TPSA) is 88.2 Å². The van der Waals surface area contributed by atoms with Crippen LogP contribution in [0.1, 0.15) is 11.1 Å². The van der Waals surface area contributed by atoms with Gasteiger partial charge in [-0.2, -0.15) is 0 Å². The van der Waals surface area contributed by atoms with Gasteiger partial charge in [0.25, 0.3) is 6.02 Å². The summed E-state index contributed by atoms with van der Waals surface area (Å²) in [4.78, 5) is 8.89. The van der Waals surface area contributed by atoms with E-state index in [9.17, 15) is 0 Å². The molecule has 23 heavy (non-hydrogen) atoms. The maximum Gasteiger partial charge on any atom is 0.283 e. The average Bonchev–Trinajstić information content (AvgIpc) is 2.97. The molecule has 0 fully saturated rings. The number of amidine groups is 1. The summed E-state index contributed by atoms with van der Waals surface area (Å²) >= 11 is 0. The first-order valence-electron chi connectivity index (χ1n) is 7.05. The highest BCUT2D eigenvalue weighted by molar-refractivity contribution is 5.76. The highest BCUT2D eigenvalue weighted by Gasteiger charge is 2.48. The normalized spacial score (nSPS) is 20.9. The summed E-state index contributed by atoms with van der Waals surface area (Å²) in [6.07, 6.45) is 1.60. The molecule has 1 spiro atoms. The molecule has 118 valence electrons. The van der Waals surface area contributed by atoms with E-state index < -0.39 is 5.54 Å². The second-order valence-electron chi connectivity index (χ2n) is 5.29. The van der Waals surface area contributed by atoms with Crippen molar-refractivity contribution in [1.82, 2.24) is 4.98 Å². The Morgan fingerprint density at radius 3 is 2.61 bits per heavy atom. The third-order valence-electron chi connectivity index (χ3n) is 4.08. The second kappa shape index (κ2) is 4.77. The van der Waals surface area contributed by atoms with E-state index in [1.807, 2.05) is 24.3 Å². The lowest BCUT2D eigenvalue weighted by Crippen LogP contribution is -2.31. The van der Waals surface area contributed by atoms with Crippen LogP contribution >= 0.6 is 0 Å². The van der Waals surface area contributed by atoms with Gasteiger partial charge in [-0.25, -0.2) is 9.98 Å². The smallest absolute Gasteiger partial charge is 0.283 e. The predicted molar refractivity (Wildman–Crippen MR) is 82.2 cm³/mol. The van der Waals surface area contributed by atoms with Crippen molar-refractivity contribution < 1.29 is 18.9 Å². The molecule has 7 heteroatoms. The lowest BCUT2D eigenvalue weighted by molar-refractivity contribution is 0.261. The zero-order chi connectivity index (χ0) is 16.0. The van der Waals surface area contributed by atoms with Crippen molar-refractivity contribution in [1.29, 1.82) is 0 Å². The standard InChI is InChI=1S/C16H15N3O4/c1-20-9-3-4-13-11(5-9)16(8-22-15(17)19-16)12-6-10(21-2)7-18-14(12)23-13/h3-7H,8H2,1-2H3,(H2,17,19)/t16-/m1/s1.